The summed E-state index contributed by atoms with van der Waals surface area (Å²) in [6.07, 6.45) is 0.919. The first-order valence-electron chi connectivity index (χ1n) is 8.72. The van der Waals surface area contributed by atoms with Gasteiger partial charge in [0.05, 0.1) is 37.6 Å². The molecule has 2 aromatic heterocycles. The molecular formula is C19H21N3O3S. The van der Waals surface area contributed by atoms with Crippen molar-refractivity contribution in [3.63, 3.8) is 0 Å². The van der Waals surface area contributed by atoms with E-state index < -0.39 is 6.10 Å². The highest BCUT2D eigenvalue weighted by Crippen LogP contribution is 2.30. The van der Waals surface area contributed by atoms with Crippen molar-refractivity contribution in [1.82, 2.24) is 14.5 Å². The lowest BCUT2D eigenvalue weighted by molar-refractivity contribution is 0.0113. The van der Waals surface area contributed by atoms with Gasteiger partial charge in [-0.3, -0.25) is 14.3 Å². The summed E-state index contributed by atoms with van der Waals surface area (Å²) in [4.78, 5) is 20.3. The van der Waals surface area contributed by atoms with Gasteiger partial charge >= 0.3 is 0 Å². The van der Waals surface area contributed by atoms with Gasteiger partial charge < -0.3 is 9.84 Å². The van der Waals surface area contributed by atoms with Gasteiger partial charge in [-0.2, -0.15) is 0 Å². The maximum atomic E-state index is 13.0. The molecule has 6 nitrogen and oxygen atoms in total. The topological polar surface area (TPSA) is 67.6 Å². The zero-order valence-corrected chi connectivity index (χ0v) is 15.2. The summed E-state index contributed by atoms with van der Waals surface area (Å²) in [5.74, 6) is 0. The molecule has 4 rings (SSSR count). The number of nitrogens with zero attached hydrogens (tertiary/aromatic N) is 3. The number of ether oxygens (including phenoxy) is 1. The standard InChI is InChI=1S/C19H21N3O3S/c23-15(10-21-6-8-25-9-7-21)11-22-13-20-18-17(19(22)24)16(12-26-18)14-4-2-1-3-5-14/h1-5,12-13,15,23H,6-11H2. The number of aliphatic hydroxyl groups excluding tert-OH is 1. The Kier molecular flexibility index (Phi) is 5.12. The van der Waals surface area contributed by atoms with Crippen LogP contribution in [-0.4, -0.2) is 58.5 Å². The van der Waals surface area contributed by atoms with E-state index in [1.165, 1.54) is 15.9 Å². The summed E-state index contributed by atoms with van der Waals surface area (Å²) in [6.45, 7) is 3.77. The largest absolute Gasteiger partial charge is 0.390 e. The average molecular weight is 371 g/mol. The van der Waals surface area contributed by atoms with E-state index in [1.54, 1.807) is 6.33 Å². The molecule has 0 saturated carbocycles. The minimum atomic E-state index is -0.621. The molecule has 1 aromatic carbocycles. The number of β-amino-alcohol motifs (C(OH)–C–C–N with tert-alkyl or cyclic N) is 1. The average Bonchev–Trinajstić information content (AvgIpc) is 3.10. The summed E-state index contributed by atoms with van der Waals surface area (Å²) in [6, 6.07) is 9.85. The van der Waals surface area contributed by atoms with E-state index in [0.717, 1.165) is 29.0 Å². The number of aliphatic hydroxyl groups is 1. The van der Waals surface area contributed by atoms with Gasteiger partial charge in [-0.15, -0.1) is 11.3 Å². The van der Waals surface area contributed by atoms with Gasteiger partial charge in [0.2, 0.25) is 0 Å². The third-order valence-corrected chi connectivity index (χ3v) is 5.51. The van der Waals surface area contributed by atoms with Crippen molar-refractivity contribution >= 4 is 21.6 Å². The number of morpholine rings is 1. The number of aromatic nitrogens is 2. The zero-order chi connectivity index (χ0) is 17.9. The van der Waals surface area contributed by atoms with E-state index in [2.05, 4.69) is 9.88 Å². The highest BCUT2D eigenvalue weighted by atomic mass is 32.1. The number of rotatable bonds is 5. The van der Waals surface area contributed by atoms with E-state index in [1.807, 2.05) is 35.7 Å². The van der Waals surface area contributed by atoms with E-state index in [-0.39, 0.29) is 12.1 Å². The fourth-order valence-corrected chi connectivity index (χ4v) is 4.20. The normalized spacial score (nSPS) is 16.8. The summed E-state index contributed by atoms with van der Waals surface area (Å²) >= 11 is 1.47. The predicted molar refractivity (Wildman–Crippen MR) is 103 cm³/mol. The SMILES string of the molecule is O=c1c2c(-c3ccccc3)csc2ncn1CC(O)CN1CCOCC1. The Morgan fingerprint density at radius 2 is 1.96 bits per heavy atom. The van der Waals surface area contributed by atoms with Crippen molar-refractivity contribution in [1.29, 1.82) is 0 Å². The van der Waals surface area contributed by atoms with Gasteiger partial charge in [0.15, 0.2) is 0 Å². The van der Waals surface area contributed by atoms with Crippen molar-refractivity contribution in [2.75, 3.05) is 32.8 Å². The Bertz CT molecular complexity index is 932. The Balaban J connectivity index is 1.60. The van der Waals surface area contributed by atoms with Gasteiger partial charge in [0.1, 0.15) is 4.83 Å². The van der Waals surface area contributed by atoms with Gasteiger partial charge in [-0.25, -0.2) is 4.98 Å². The molecule has 0 aliphatic carbocycles. The van der Waals surface area contributed by atoms with Gasteiger partial charge in [-0.1, -0.05) is 30.3 Å². The second-order valence-corrected chi connectivity index (χ2v) is 7.32. The van der Waals surface area contributed by atoms with E-state index in [0.29, 0.717) is 25.1 Å². The van der Waals surface area contributed by atoms with Crippen LogP contribution < -0.4 is 5.56 Å². The van der Waals surface area contributed by atoms with Crippen LogP contribution in [0.15, 0.2) is 46.8 Å². The maximum absolute atomic E-state index is 13.0. The van der Waals surface area contributed by atoms with Crippen LogP contribution in [0.3, 0.4) is 0 Å². The minimum Gasteiger partial charge on any atom is -0.390 e. The van der Waals surface area contributed by atoms with Crippen molar-refractivity contribution < 1.29 is 9.84 Å². The van der Waals surface area contributed by atoms with Crippen molar-refractivity contribution in [2.24, 2.45) is 0 Å². The molecule has 1 N–H and O–H groups in total. The van der Waals surface area contributed by atoms with Crippen molar-refractivity contribution in [3.05, 3.63) is 52.4 Å². The van der Waals surface area contributed by atoms with Crippen molar-refractivity contribution in [3.8, 4) is 11.1 Å². The number of hydrogen-bond acceptors (Lipinski definition) is 6. The van der Waals surface area contributed by atoms with Gasteiger partial charge in [0.25, 0.3) is 5.56 Å². The Hall–Kier alpha value is -2.06. The first-order chi connectivity index (χ1) is 12.7. The third kappa shape index (κ3) is 3.57. The fourth-order valence-electron chi connectivity index (χ4n) is 3.29. The Labute approximate surface area is 155 Å². The molecule has 7 heteroatoms. The van der Waals surface area contributed by atoms with Crippen LogP contribution in [0, 0.1) is 0 Å². The van der Waals surface area contributed by atoms with Gasteiger partial charge in [-0.05, 0) is 5.56 Å². The lowest BCUT2D eigenvalue weighted by Crippen LogP contribution is -2.42. The lowest BCUT2D eigenvalue weighted by atomic mass is 10.1. The second kappa shape index (κ2) is 7.67. The molecule has 1 saturated heterocycles. The summed E-state index contributed by atoms with van der Waals surface area (Å²) in [5, 5.41) is 13.0. The second-order valence-electron chi connectivity index (χ2n) is 6.46. The molecule has 0 bridgehead atoms. The maximum Gasteiger partial charge on any atom is 0.262 e. The molecule has 0 amide bonds. The Morgan fingerprint density at radius 3 is 2.73 bits per heavy atom. The molecule has 1 atom stereocenters. The van der Waals surface area contributed by atoms with Crippen LogP contribution in [0.2, 0.25) is 0 Å². The first-order valence-corrected chi connectivity index (χ1v) is 9.60. The number of hydrogen-bond donors (Lipinski definition) is 1. The first kappa shape index (κ1) is 17.4. The smallest absolute Gasteiger partial charge is 0.262 e. The molecule has 1 aliphatic heterocycles. The molecule has 136 valence electrons. The summed E-state index contributed by atoms with van der Waals surface area (Å²) < 4.78 is 6.85. The lowest BCUT2D eigenvalue weighted by Gasteiger charge is -2.28. The fraction of sp³-hybridized carbons (Fsp3) is 0.368. The third-order valence-electron chi connectivity index (χ3n) is 4.63. The zero-order valence-electron chi connectivity index (χ0n) is 14.4. The number of fused-ring (bicyclic) bond motifs is 1. The van der Waals surface area contributed by atoms with Crippen LogP contribution in [0.25, 0.3) is 21.3 Å². The van der Waals surface area contributed by atoms with Crippen LogP contribution in [0.4, 0.5) is 0 Å². The molecule has 1 aliphatic rings. The summed E-state index contributed by atoms with van der Waals surface area (Å²) in [5.41, 5.74) is 1.81. The van der Waals surface area contributed by atoms with E-state index >= 15 is 0 Å². The molecule has 3 aromatic rings. The molecule has 26 heavy (non-hydrogen) atoms. The molecule has 0 radical (unpaired) electrons. The number of benzene rings is 1. The molecule has 1 fully saturated rings. The highest BCUT2D eigenvalue weighted by molar-refractivity contribution is 7.17. The monoisotopic (exact) mass is 371 g/mol. The number of thiophene rings is 1. The molecule has 3 heterocycles. The molecular weight excluding hydrogens is 350 g/mol. The van der Waals surface area contributed by atoms with Crippen LogP contribution in [-0.2, 0) is 11.3 Å². The molecule has 0 spiro atoms. The Morgan fingerprint density at radius 1 is 1.19 bits per heavy atom. The summed E-state index contributed by atoms with van der Waals surface area (Å²) in [7, 11) is 0. The molecule has 1 unspecified atom stereocenters. The predicted octanol–water partition coefficient (Wildman–Crippen LogP) is 1.82. The van der Waals surface area contributed by atoms with E-state index in [4.69, 9.17) is 4.74 Å². The van der Waals surface area contributed by atoms with Gasteiger partial charge in [0, 0.05) is 30.6 Å². The van der Waals surface area contributed by atoms with Crippen LogP contribution >= 0.6 is 11.3 Å². The van der Waals surface area contributed by atoms with Crippen molar-refractivity contribution in [2.45, 2.75) is 12.6 Å². The van der Waals surface area contributed by atoms with E-state index in [9.17, 15) is 9.90 Å². The highest BCUT2D eigenvalue weighted by Gasteiger charge is 2.18. The van der Waals surface area contributed by atoms with Crippen LogP contribution in [0.5, 0.6) is 0 Å². The quantitative estimate of drug-likeness (QED) is 0.741. The minimum absolute atomic E-state index is 0.101. The van der Waals surface area contributed by atoms with Crippen LogP contribution in [0.1, 0.15) is 0 Å².